The van der Waals surface area contributed by atoms with Crippen LogP contribution < -0.4 is 5.32 Å². The summed E-state index contributed by atoms with van der Waals surface area (Å²) in [5, 5.41) is 3.01. The summed E-state index contributed by atoms with van der Waals surface area (Å²) in [4.78, 5) is 28.5. The number of thioether (sulfide) groups is 1. The first-order chi connectivity index (χ1) is 16.0. The molecule has 2 aromatic carbocycles. The molecule has 33 heavy (non-hydrogen) atoms. The van der Waals surface area contributed by atoms with E-state index in [9.17, 15) is 9.59 Å². The van der Waals surface area contributed by atoms with Crippen molar-refractivity contribution in [3.63, 3.8) is 0 Å². The van der Waals surface area contributed by atoms with Crippen molar-refractivity contribution in [1.82, 2.24) is 10.2 Å². The minimum Gasteiger partial charge on any atom is -0.377 e. The van der Waals surface area contributed by atoms with Crippen LogP contribution in [0.5, 0.6) is 0 Å². The van der Waals surface area contributed by atoms with Crippen molar-refractivity contribution in [1.29, 1.82) is 0 Å². The van der Waals surface area contributed by atoms with Gasteiger partial charge in [0.25, 0.3) is 11.8 Å². The number of hydrogen-bond donors (Lipinski definition) is 1. The molecule has 2 aromatic rings. The van der Waals surface area contributed by atoms with Crippen LogP contribution in [0.25, 0.3) is 0 Å². The Morgan fingerprint density at radius 1 is 1.06 bits per heavy atom. The molecule has 1 N–H and O–H groups in total. The van der Waals surface area contributed by atoms with Crippen LogP contribution in [-0.2, 0) is 16.0 Å². The van der Waals surface area contributed by atoms with E-state index in [2.05, 4.69) is 5.32 Å². The van der Waals surface area contributed by atoms with Crippen molar-refractivity contribution in [3.8, 4) is 0 Å². The zero-order valence-corrected chi connectivity index (χ0v) is 20.1. The third-order valence-electron chi connectivity index (χ3n) is 5.94. The fraction of sp³-hybridized carbons (Fsp3) is 0.462. The van der Waals surface area contributed by atoms with Gasteiger partial charge in [-0.2, -0.15) is 0 Å². The Kier molecular flexibility index (Phi) is 8.06. The molecule has 2 heterocycles. The molecule has 2 fully saturated rings. The Labute approximate surface area is 200 Å². The lowest BCUT2D eigenvalue weighted by Gasteiger charge is -2.35. The van der Waals surface area contributed by atoms with Crippen molar-refractivity contribution in [2.75, 3.05) is 25.4 Å². The molecule has 2 amide bonds. The lowest BCUT2D eigenvalue weighted by atomic mass is 10.1. The highest BCUT2D eigenvalue weighted by molar-refractivity contribution is 7.99. The van der Waals surface area contributed by atoms with E-state index in [0.717, 1.165) is 35.7 Å². The zero-order chi connectivity index (χ0) is 23.2. The average molecular weight is 469 g/mol. The SMILES string of the molecule is CC1CN(C(=O)c2ccc(CNC(=O)c3ccccc3SCC3CCCO3)cc2)CC(C)O1. The monoisotopic (exact) mass is 468 g/mol. The van der Waals surface area contributed by atoms with Gasteiger partial charge in [0.2, 0.25) is 0 Å². The first-order valence-electron chi connectivity index (χ1n) is 11.6. The molecule has 0 spiro atoms. The second kappa shape index (κ2) is 11.2. The number of nitrogens with one attached hydrogen (secondary N) is 1. The lowest BCUT2D eigenvalue weighted by molar-refractivity contribution is -0.0586. The molecule has 6 nitrogen and oxygen atoms in total. The molecule has 0 saturated carbocycles. The number of benzene rings is 2. The minimum absolute atomic E-state index is 0.0183. The molecule has 2 aliphatic rings. The van der Waals surface area contributed by atoms with Crippen LogP contribution >= 0.6 is 11.8 Å². The van der Waals surface area contributed by atoms with Gasteiger partial charge in [0.15, 0.2) is 0 Å². The Balaban J connectivity index is 1.32. The third-order valence-corrected chi connectivity index (χ3v) is 7.15. The van der Waals surface area contributed by atoms with Crippen LogP contribution in [0.4, 0.5) is 0 Å². The summed E-state index contributed by atoms with van der Waals surface area (Å²) in [5.74, 6) is 0.784. The molecule has 7 heteroatoms. The normalized spacial score (nSPS) is 22.8. The molecule has 2 saturated heterocycles. The number of carbonyl (C=O) groups excluding carboxylic acids is 2. The van der Waals surface area contributed by atoms with Gasteiger partial charge in [0.05, 0.1) is 23.9 Å². The summed E-state index contributed by atoms with van der Waals surface area (Å²) in [6, 6.07) is 15.2. The smallest absolute Gasteiger partial charge is 0.254 e. The van der Waals surface area contributed by atoms with E-state index < -0.39 is 0 Å². The van der Waals surface area contributed by atoms with Crippen LogP contribution in [0.2, 0.25) is 0 Å². The highest BCUT2D eigenvalue weighted by atomic mass is 32.2. The number of nitrogens with zero attached hydrogens (tertiary/aromatic N) is 1. The molecule has 0 aliphatic carbocycles. The van der Waals surface area contributed by atoms with Gasteiger partial charge in [0, 0.05) is 42.5 Å². The number of rotatable bonds is 7. The number of hydrogen-bond acceptors (Lipinski definition) is 5. The van der Waals surface area contributed by atoms with E-state index in [-0.39, 0.29) is 30.1 Å². The fourth-order valence-electron chi connectivity index (χ4n) is 4.31. The molecular formula is C26H32N2O4S. The number of amides is 2. The largest absolute Gasteiger partial charge is 0.377 e. The van der Waals surface area contributed by atoms with E-state index in [1.165, 1.54) is 0 Å². The molecular weight excluding hydrogens is 436 g/mol. The Morgan fingerprint density at radius 2 is 1.79 bits per heavy atom. The van der Waals surface area contributed by atoms with Gasteiger partial charge in [-0.25, -0.2) is 0 Å². The first-order valence-corrected chi connectivity index (χ1v) is 12.6. The number of carbonyl (C=O) groups is 2. The second-order valence-corrected chi connectivity index (χ2v) is 9.85. The van der Waals surface area contributed by atoms with Crippen molar-refractivity contribution >= 4 is 23.6 Å². The summed E-state index contributed by atoms with van der Waals surface area (Å²) >= 11 is 1.68. The van der Waals surface area contributed by atoms with E-state index in [1.807, 2.05) is 67.3 Å². The number of morpholine rings is 1. The molecule has 0 bridgehead atoms. The fourth-order valence-corrected chi connectivity index (χ4v) is 5.43. The molecule has 3 unspecified atom stereocenters. The molecule has 4 rings (SSSR count). The van der Waals surface area contributed by atoms with Crippen LogP contribution in [0.3, 0.4) is 0 Å². The average Bonchev–Trinajstić information content (AvgIpc) is 3.34. The maximum absolute atomic E-state index is 12.8. The minimum atomic E-state index is -0.0955. The molecule has 2 aliphatic heterocycles. The standard InChI is InChI=1S/C26H32N2O4S/c1-18-15-28(16-19(2)32-18)26(30)21-11-9-20(10-12-21)14-27-25(29)23-7-3-4-8-24(23)33-17-22-6-5-13-31-22/h3-4,7-12,18-19,22H,5-6,13-17H2,1-2H3,(H,27,29). The van der Waals surface area contributed by atoms with Crippen molar-refractivity contribution < 1.29 is 19.1 Å². The zero-order valence-electron chi connectivity index (χ0n) is 19.3. The van der Waals surface area contributed by atoms with Gasteiger partial charge >= 0.3 is 0 Å². The van der Waals surface area contributed by atoms with Crippen molar-refractivity contribution in [2.45, 2.75) is 56.4 Å². The van der Waals surface area contributed by atoms with Gasteiger partial charge in [-0.15, -0.1) is 11.8 Å². The summed E-state index contributed by atoms with van der Waals surface area (Å²) in [6.07, 6.45) is 2.56. The molecule has 176 valence electrons. The van der Waals surface area contributed by atoms with Gasteiger partial charge in [0.1, 0.15) is 0 Å². The highest BCUT2D eigenvalue weighted by Gasteiger charge is 2.26. The Morgan fingerprint density at radius 3 is 2.48 bits per heavy atom. The number of ether oxygens (including phenoxy) is 2. The van der Waals surface area contributed by atoms with E-state index in [1.54, 1.807) is 11.8 Å². The topological polar surface area (TPSA) is 67.9 Å². The summed E-state index contributed by atoms with van der Waals surface area (Å²) < 4.78 is 11.4. The van der Waals surface area contributed by atoms with Crippen molar-refractivity contribution in [3.05, 3.63) is 65.2 Å². The van der Waals surface area contributed by atoms with Crippen LogP contribution in [0.15, 0.2) is 53.4 Å². The second-order valence-electron chi connectivity index (χ2n) is 8.79. The lowest BCUT2D eigenvalue weighted by Crippen LogP contribution is -2.48. The first kappa shape index (κ1) is 23.8. The van der Waals surface area contributed by atoms with E-state index >= 15 is 0 Å². The third kappa shape index (κ3) is 6.37. The Bertz CT molecular complexity index is 949. The molecule has 0 radical (unpaired) electrons. The van der Waals surface area contributed by atoms with Gasteiger partial charge in [-0.3, -0.25) is 9.59 Å². The van der Waals surface area contributed by atoms with E-state index in [4.69, 9.17) is 9.47 Å². The van der Waals surface area contributed by atoms with Gasteiger partial charge < -0.3 is 19.7 Å². The summed E-state index contributed by atoms with van der Waals surface area (Å²) in [6.45, 7) is 6.42. The van der Waals surface area contributed by atoms with Crippen LogP contribution in [0.1, 0.15) is 53.0 Å². The maximum atomic E-state index is 12.8. The molecule has 0 aromatic heterocycles. The summed E-state index contributed by atoms with van der Waals surface area (Å²) in [7, 11) is 0. The van der Waals surface area contributed by atoms with Gasteiger partial charge in [-0.1, -0.05) is 24.3 Å². The quantitative estimate of drug-likeness (QED) is 0.619. The van der Waals surface area contributed by atoms with Crippen LogP contribution in [0, 0.1) is 0 Å². The maximum Gasteiger partial charge on any atom is 0.254 e. The predicted molar refractivity (Wildman–Crippen MR) is 130 cm³/mol. The Hall–Kier alpha value is -2.35. The molecule has 3 atom stereocenters. The van der Waals surface area contributed by atoms with Gasteiger partial charge in [-0.05, 0) is 56.5 Å². The van der Waals surface area contributed by atoms with Crippen molar-refractivity contribution in [2.24, 2.45) is 0 Å². The van der Waals surface area contributed by atoms with E-state index in [0.29, 0.717) is 30.8 Å². The highest BCUT2D eigenvalue weighted by Crippen LogP contribution is 2.27. The summed E-state index contributed by atoms with van der Waals surface area (Å²) in [5.41, 5.74) is 2.29. The van der Waals surface area contributed by atoms with Crippen LogP contribution in [-0.4, -0.2) is 60.5 Å². The predicted octanol–water partition coefficient (Wildman–Crippen LogP) is 4.14.